The van der Waals surface area contributed by atoms with Crippen LogP contribution in [0.1, 0.15) is 17.5 Å². The van der Waals surface area contributed by atoms with Crippen LogP contribution in [0.4, 0.5) is 0 Å². The zero-order valence-electron chi connectivity index (χ0n) is 15.2. The van der Waals surface area contributed by atoms with E-state index in [4.69, 9.17) is 9.47 Å². The van der Waals surface area contributed by atoms with Gasteiger partial charge in [-0.15, -0.1) is 0 Å². The summed E-state index contributed by atoms with van der Waals surface area (Å²) >= 11 is 1.71. The molecule has 0 saturated heterocycles. The van der Waals surface area contributed by atoms with Crippen LogP contribution in [0.2, 0.25) is 0 Å². The summed E-state index contributed by atoms with van der Waals surface area (Å²) in [5, 5.41) is 7.66. The van der Waals surface area contributed by atoms with Crippen molar-refractivity contribution in [2.75, 3.05) is 34.4 Å². The van der Waals surface area contributed by atoms with Crippen molar-refractivity contribution in [3.63, 3.8) is 0 Å². The lowest BCUT2D eigenvalue weighted by Gasteiger charge is -2.21. The number of nitrogens with zero attached hydrogens (tertiary/aromatic N) is 2. The molecule has 136 valence electrons. The van der Waals surface area contributed by atoms with E-state index >= 15 is 0 Å². The van der Waals surface area contributed by atoms with Gasteiger partial charge in [-0.3, -0.25) is 4.99 Å². The first-order valence-electron chi connectivity index (χ1n) is 8.36. The van der Waals surface area contributed by atoms with E-state index in [0.717, 1.165) is 30.2 Å². The fourth-order valence-electron chi connectivity index (χ4n) is 2.44. The molecule has 0 atom stereocenters. The molecule has 1 aromatic carbocycles. The molecule has 0 unspecified atom stereocenters. The van der Waals surface area contributed by atoms with Crippen LogP contribution in [-0.2, 0) is 17.8 Å². The summed E-state index contributed by atoms with van der Waals surface area (Å²) in [4.78, 5) is 6.48. The number of aliphatic imine (C=N–C) groups is 1. The fraction of sp³-hybridized carbons (Fsp3) is 0.421. The SMILES string of the molecule is CN=C(NCc1cccc(OCCCOC)c1)N(C)Cc1ccsc1. The quantitative estimate of drug-likeness (QED) is 0.423. The van der Waals surface area contributed by atoms with Gasteiger partial charge in [-0.05, 0) is 40.1 Å². The molecule has 25 heavy (non-hydrogen) atoms. The molecule has 0 aliphatic rings. The lowest BCUT2D eigenvalue weighted by Crippen LogP contribution is -2.37. The number of ether oxygens (including phenoxy) is 2. The number of benzene rings is 1. The minimum Gasteiger partial charge on any atom is -0.493 e. The molecule has 0 radical (unpaired) electrons. The highest BCUT2D eigenvalue weighted by atomic mass is 32.1. The van der Waals surface area contributed by atoms with Crippen LogP contribution in [0, 0.1) is 0 Å². The molecular formula is C19H27N3O2S. The Hall–Kier alpha value is -2.05. The van der Waals surface area contributed by atoms with E-state index in [9.17, 15) is 0 Å². The first-order chi connectivity index (χ1) is 12.2. The van der Waals surface area contributed by atoms with E-state index in [-0.39, 0.29) is 0 Å². The number of thiophene rings is 1. The van der Waals surface area contributed by atoms with Crippen LogP contribution >= 0.6 is 11.3 Å². The average molecular weight is 362 g/mol. The predicted octanol–water partition coefficient (Wildman–Crippen LogP) is 3.37. The van der Waals surface area contributed by atoms with Crippen LogP contribution in [0.15, 0.2) is 46.1 Å². The van der Waals surface area contributed by atoms with Crippen molar-refractivity contribution >= 4 is 17.3 Å². The molecule has 1 aromatic heterocycles. The maximum atomic E-state index is 5.75. The maximum absolute atomic E-state index is 5.75. The zero-order valence-corrected chi connectivity index (χ0v) is 16.0. The Labute approximate surface area is 154 Å². The van der Waals surface area contributed by atoms with Crippen LogP contribution in [-0.4, -0.2) is 45.3 Å². The van der Waals surface area contributed by atoms with Gasteiger partial charge in [0.05, 0.1) is 6.61 Å². The minimum atomic E-state index is 0.662. The molecule has 1 heterocycles. The summed E-state index contributed by atoms with van der Waals surface area (Å²) in [6, 6.07) is 10.3. The predicted molar refractivity (Wildman–Crippen MR) is 104 cm³/mol. The third kappa shape index (κ3) is 6.76. The topological polar surface area (TPSA) is 46.1 Å². The Bertz CT molecular complexity index is 644. The van der Waals surface area contributed by atoms with Crippen molar-refractivity contribution < 1.29 is 9.47 Å². The van der Waals surface area contributed by atoms with Crippen LogP contribution < -0.4 is 10.1 Å². The number of guanidine groups is 1. The molecule has 2 aromatic rings. The molecule has 6 heteroatoms. The van der Waals surface area contributed by atoms with E-state index in [1.54, 1.807) is 18.4 Å². The molecule has 1 N–H and O–H groups in total. The van der Waals surface area contributed by atoms with Crippen molar-refractivity contribution in [3.05, 3.63) is 52.2 Å². The number of nitrogens with one attached hydrogen (secondary N) is 1. The highest BCUT2D eigenvalue weighted by Crippen LogP contribution is 2.14. The summed E-state index contributed by atoms with van der Waals surface area (Å²) in [6.45, 7) is 2.92. The van der Waals surface area contributed by atoms with Gasteiger partial charge in [-0.2, -0.15) is 11.3 Å². The monoisotopic (exact) mass is 361 g/mol. The summed E-state index contributed by atoms with van der Waals surface area (Å²) < 4.78 is 10.8. The molecule has 0 spiro atoms. The Morgan fingerprint density at radius 3 is 2.84 bits per heavy atom. The molecule has 2 rings (SSSR count). The third-order valence-electron chi connectivity index (χ3n) is 3.68. The average Bonchev–Trinajstić information content (AvgIpc) is 3.13. The minimum absolute atomic E-state index is 0.662. The number of methoxy groups -OCH3 is 1. The normalized spacial score (nSPS) is 11.4. The Balaban J connectivity index is 1.84. The van der Waals surface area contributed by atoms with E-state index in [1.807, 2.05) is 26.2 Å². The molecule has 0 aliphatic carbocycles. The molecule has 5 nitrogen and oxygen atoms in total. The van der Waals surface area contributed by atoms with Crippen LogP contribution in [0.3, 0.4) is 0 Å². The summed E-state index contributed by atoms with van der Waals surface area (Å²) in [5.74, 6) is 1.76. The third-order valence-corrected chi connectivity index (χ3v) is 4.42. The number of rotatable bonds is 9. The van der Waals surface area contributed by atoms with E-state index in [0.29, 0.717) is 19.8 Å². The summed E-state index contributed by atoms with van der Waals surface area (Å²) in [5.41, 5.74) is 2.45. The van der Waals surface area contributed by atoms with E-state index in [2.05, 4.69) is 44.2 Å². The van der Waals surface area contributed by atoms with Crippen LogP contribution in [0.5, 0.6) is 5.75 Å². The van der Waals surface area contributed by atoms with Gasteiger partial charge in [0, 0.05) is 47.3 Å². The molecule has 0 bridgehead atoms. The largest absolute Gasteiger partial charge is 0.493 e. The van der Waals surface area contributed by atoms with Gasteiger partial charge in [0.15, 0.2) is 5.96 Å². The summed E-state index contributed by atoms with van der Waals surface area (Å²) in [6.07, 6.45) is 0.888. The lowest BCUT2D eigenvalue weighted by atomic mass is 10.2. The van der Waals surface area contributed by atoms with E-state index < -0.39 is 0 Å². The maximum Gasteiger partial charge on any atom is 0.193 e. The summed E-state index contributed by atoms with van der Waals surface area (Å²) in [7, 11) is 5.55. The molecule has 0 fully saturated rings. The first-order valence-corrected chi connectivity index (χ1v) is 9.30. The Morgan fingerprint density at radius 2 is 2.12 bits per heavy atom. The van der Waals surface area contributed by atoms with Gasteiger partial charge in [0.2, 0.25) is 0 Å². The van der Waals surface area contributed by atoms with Crippen molar-refractivity contribution in [2.45, 2.75) is 19.5 Å². The van der Waals surface area contributed by atoms with Crippen molar-refractivity contribution in [1.29, 1.82) is 0 Å². The van der Waals surface area contributed by atoms with Crippen molar-refractivity contribution in [2.24, 2.45) is 4.99 Å². The van der Waals surface area contributed by atoms with Gasteiger partial charge in [-0.25, -0.2) is 0 Å². The molecule has 0 saturated carbocycles. The molecule has 0 aliphatic heterocycles. The van der Waals surface area contributed by atoms with Gasteiger partial charge in [-0.1, -0.05) is 12.1 Å². The van der Waals surface area contributed by atoms with Gasteiger partial charge in [0.25, 0.3) is 0 Å². The van der Waals surface area contributed by atoms with Crippen molar-refractivity contribution in [1.82, 2.24) is 10.2 Å². The first kappa shape index (κ1) is 19.3. The highest BCUT2D eigenvalue weighted by Gasteiger charge is 2.07. The van der Waals surface area contributed by atoms with Crippen molar-refractivity contribution in [3.8, 4) is 5.75 Å². The number of hydrogen-bond acceptors (Lipinski definition) is 4. The second kappa shape index (κ2) is 10.7. The fourth-order valence-corrected chi connectivity index (χ4v) is 3.10. The smallest absolute Gasteiger partial charge is 0.193 e. The van der Waals surface area contributed by atoms with Gasteiger partial charge in [0.1, 0.15) is 5.75 Å². The zero-order chi connectivity index (χ0) is 17.9. The highest BCUT2D eigenvalue weighted by molar-refractivity contribution is 7.07. The molecular weight excluding hydrogens is 334 g/mol. The Kier molecular flexibility index (Phi) is 8.28. The van der Waals surface area contributed by atoms with E-state index in [1.165, 1.54) is 5.56 Å². The number of hydrogen-bond donors (Lipinski definition) is 1. The Morgan fingerprint density at radius 1 is 1.24 bits per heavy atom. The standard InChI is InChI=1S/C19H27N3O2S/c1-20-19(22(2)14-17-8-11-25-15-17)21-13-16-6-4-7-18(12-16)24-10-5-9-23-3/h4,6-8,11-12,15H,5,9-10,13-14H2,1-3H3,(H,20,21). The van der Waals surface area contributed by atoms with Gasteiger partial charge < -0.3 is 19.7 Å². The van der Waals surface area contributed by atoms with Crippen LogP contribution in [0.25, 0.3) is 0 Å². The van der Waals surface area contributed by atoms with Gasteiger partial charge >= 0.3 is 0 Å². The second-order valence-corrected chi connectivity index (χ2v) is 6.51. The lowest BCUT2D eigenvalue weighted by molar-refractivity contribution is 0.172. The second-order valence-electron chi connectivity index (χ2n) is 5.73. The molecule has 0 amide bonds.